The van der Waals surface area contributed by atoms with Crippen LogP contribution in [0.4, 0.5) is 0 Å². The van der Waals surface area contributed by atoms with Crippen LogP contribution in [-0.4, -0.2) is 115 Å². The number of aliphatic hydroxyl groups excluding tert-OH is 4. The highest BCUT2D eigenvalue weighted by molar-refractivity contribution is 7.99. The molecule has 8 atom stereocenters. The standard InChI is InChI=1S/C44H58N4O10S/c1-10-26-20(2)28-18-33-36(25(7)57-14-11-15-59-44-42(53)41(52)40(51)34(19-49)58-44)22(4)30(46-33)16-29-21(3)27(12-13-35(50)55-8)38(47-29)24(6)39-37(43(54)56-9)23(5)31(48-39)17-32(26)45-28/h16-18,21,25,27,34,40-42,44,46,48-49,51-53H,10-15,19H2,1-9H3/t21-,25?,27-,34+,40+,41-,42+,44-/m0/s1. The maximum atomic E-state index is 13.4. The van der Waals surface area contributed by atoms with Crippen molar-refractivity contribution in [2.45, 2.75) is 122 Å². The number of methoxy groups -OCH3 is 2. The molecule has 3 aromatic rings. The quantitative estimate of drug-likeness (QED) is 0.0838. The van der Waals surface area contributed by atoms with Crippen LogP contribution in [0.1, 0.15) is 127 Å². The van der Waals surface area contributed by atoms with Gasteiger partial charge in [-0.1, -0.05) is 13.8 Å². The number of carbonyl (C=O) groups excluding carboxylic acids is 2. The van der Waals surface area contributed by atoms with Crippen molar-refractivity contribution < 1.29 is 49.0 Å². The molecule has 1 saturated heterocycles. The first-order valence-electron chi connectivity index (χ1n) is 20.3. The zero-order chi connectivity index (χ0) is 42.9. The van der Waals surface area contributed by atoms with Crippen LogP contribution in [0.2, 0.25) is 0 Å². The van der Waals surface area contributed by atoms with Crippen molar-refractivity contribution in [2.24, 2.45) is 0 Å². The van der Waals surface area contributed by atoms with Crippen LogP contribution in [-0.2, 0) is 23.7 Å². The molecule has 6 N–H and O–H groups in total. The van der Waals surface area contributed by atoms with Crippen LogP contribution in [0.15, 0.2) is 18.2 Å². The molecule has 320 valence electrons. The van der Waals surface area contributed by atoms with Gasteiger partial charge in [-0.25, -0.2) is 9.78 Å². The summed E-state index contributed by atoms with van der Waals surface area (Å²) in [6.07, 6.45) is -3.32. The van der Waals surface area contributed by atoms with E-state index in [1.54, 1.807) is 0 Å². The Morgan fingerprint density at radius 3 is 2.31 bits per heavy atom. The molecule has 0 aromatic carbocycles. The van der Waals surface area contributed by atoms with Gasteiger partial charge in [0.1, 0.15) is 29.9 Å². The monoisotopic (exact) mass is 834 g/mol. The molecular weight excluding hydrogens is 777 g/mol. The minimum absolute atomic E-state index is 0.0781. The molecule has 0 amide bonds. The van der Waals surface area contributed by atoms with Gasteiger partial charge in [0, 0.05) is 58.4 Å². The highest BCUT2D eigenvalue weighted by atomic mass is 32.2. The molecule has 3 aliphatic heterocycles. The van der Waals surface area contributed by atoms with E-state index < -0.39 is 42.4 Å². The first-order chi connectivity index (χ1) is 28.1. The third-order valence-electron chi connectivity index (χ3n) is 12.2. The Morgan fingerprint density at radius 1 is 0.915 bits per heavy atom. The number of hydrogen-bond acceptors (Lipinski definition) is 13. The number of nitrogens with zero attached hydrogens (tertiary/aromatic N) is 2. The van der Waals surface area contributed by atoms with Gasteiger partial charge in [0.25, 0.3) is 0 Å². The molecule has 0 aliphatic carbocycles. The number of fused-ring (bicyclic) bond motifs is 8. The van der Waals surface area contributed by atoms with Crippen molar-refractivity contribution in [3.05, 3.63) is 68.8 Å². The third kappa shape index (κ3) is 8.74. The van der Waals surface area contributed by atoms with Crippen LogP contribution >= 0.6 is 11.8 Å². The largest absolute Gasteiger partial charge is 0.469 e. The number of hydrogen-bond donors (Lipinski definition) is 6. The van der Waals surface area contributed by atoms with E-state index in [2.05, 4.69) is 49.8 Å². The first-order valence-corrected chi connectivity index (χ1v) is 21.3. The first kappa shape index (κ1) is 44.5. The average Bonchev–Trinajstić information content (AvgIpc) is 3.91. The number of aromatic nitrogens is 4. The van der Waals surface area contributed by atoms with E-state index in [1.165, 1.54) is 26.0 Å². The van der Waals surface area contributed by atoms with Crippen molar-refractivity contribution >= 4 is 56.9 Å². The summed E-state index contributed by atoms with van der Waals surface area (Å²) in [7, 11) is 2.76. The Balaban J connectivity index is 1.45. The number of aromatic amines is 2. The van der Waals surface area contributed by atoms with E-state index in [0.29, 0.717) is 36.3 Å². The Labute approximate surface area is 348 Å². The lowest BCUT2D eigenvalue weighted by Crippen LogP contribution is -2.57. The van der Waals surface area contributed by atoms with E-state index in [1.807, 2.05) is 26.8 Å². The van der Waals surface area contributed by atoms with Crippen molar-refractivity contribution in [3.8, 4) is 0 Å². The van der Waals surface area contributed by atoms with Crippen molar-refractivity contribution in [1.82, 2.24) is 19.9 Å². The Hall–Kier alpha value is -4.09. The lowest BCUT2D eigenvalue weighted by Gasteiger charge is -2.39. The number of aliphatic hydroxyl groups is 4. The molecule has 0 radical (unpaired) electrons. The number of aryl methyl sites for hydroxylation is 3. The predicted octanol–water partition coefficient (Wildman–Crippen LogP) is 6.21. The molecule has 8 bridgehead atoms. The lowest BCUT2D eigenvalue weighted by atomic mass is 9.86. The maximum absolute atomic E-state index is 13.4. The van der Waals surface area contributed by atoms with Crippen LogP contribution in [0.5, 0.6) is 0 Å². The second kappa shape index (κ2) is 18.7. The summed E-state index contributed by atoms with van der Waals surface area (Å²) in [4.78, 5) is 43.5. The molecule has 15 heteroatoms. The average molecular weight is 835 g/mol. The minimum Gasteiger partial charge on any atom is -0.469 e. The normalized spacial score (nSPS) is 23.7. The third-order valence-corrected chi connectivity index (χ3v) is 13.4. The minimum atomic E-state index is -1.41. The molecule has 0 spiro atoms. The van der Waals surface area contributed by atoms with E-state index in [4.69, 9.17) is 28.9 Å². The van der Waals surface area contributed by atoms with E-state index in [0.717, 1.165) is 79.1 Å². The second-order valence-electron chi connectivity index (χ2n) is 15.7. The molecule has 6 heterocycles. The predicted molar refractivity (Wildman–Crippen MR) is 227 cm³/mol. The molecule has 14 nitrogen and oxygen atoms in total. The summed E-state index contributed by atoms with van der Waals surface area (Å²) >= 11 is 1.30. The van der Waals surface area contributed by atoms with Crippen molar-refractivity contribution in [2.75, 3.05) is 33.2 Å². The molecule has 3 aliphatic rings. The fourth-order valence-electron chi connectivity index (χ4n) is 8.58. The van der Waals surface area contributed by atoms with Gasteiger partial charge in [-0.2, -0.15) is 0 Å². The molecule has 0 saturated carbocycles. The van der Waals surface area contributed by atoms with Crippen LogP contribution in [0, 0.1) is 20.8 Å². The molecule has 6 rings (SSSR count). The summed E-state index contributed by atoms with van der Waals surface area (Å²) in [6.45, 7) is 14.1. The number of nitrogens with one attached hydrogen (secondary N) is 2. The number of ether oxygens (including phenoxy) is 4. The number of allylic oxidation sites excluding steroid dienone is 2. The smallest absolute Gasteiger partial charge is 0.340 e. The second-order valence-corrected chi connectivity index (χ2v) is 16.9. The molecule has 1 unspecified atom stereocenters. The highest BCUT2D eigenvalue weighted by Crippen LogP contribution is 2.43. The molecular formula is C44H58N4O10S. The van der Waals surface area contributed by atoms with Gasteiger partial charge in [-0.3, -0.25) is 9.78 Å². The van der Waals surface area contributed by atoms with Crippen LogP contribution in [0.3, 0.4) is 0 Å². The SMILES string of the molecule is CCC1=C(C)c2cc3[nH]c(cc4nc(c(C)c5[nH]c(cc1n2)c(C)c5C(=O)OC)[C@@H](CCC(=O)OC)[C@@H]4C)c(C)c3C(C)OCCCS[C@@H]1O[C@H](CO)[C@@H](O)[C@H](O)[C@H]1O. The highest BCUT2D eigenvalue weighted by Gasteiger charge is 2.43. The number of thioether (sulfide) groups is 1. The van der Waals surface area contributed by atoms with Crippen LogP contribution in [0.25, 0.3) is 33.2 Å². The van der Waals surface area contributed by atoms with Crippen molar-refractivity contribution in [3.63, 3.8) is 0 Å². The summed E-state index contributed by atoms with van der Waals surface area (Å²) in [6, 6.07) is 6.12. The summed E-state index contributed by atoms with van der Waals surface area (Å²) in [5.74, 6) is -0.438. The van der Waals surface area contributed by atoms with E-state index in [-0.39, 0.29) is 30.3 Å². The Morgan fingerprint density at radius 2 is 1.63 bits per heavy atom. The summed E-state index contributed by atoms with van der Waals surface area (Å²) in [5, 5.41) is 40.3. The summed E-state index contributed by atoms with van der Waals surface area (Å²) in [5.41, 5.74) is 11.6. The maximum Gasteiger partial charge on any atom is 0.340 e. The van der Waals surface area contributed by atoms with Crippen molar-refractivity contribution in [1.29, 1.82) is 0 Å². The number of rotatable bonds is 13. The van der Waals surface area contributed by atoms with Gasteiger partial charge in [-0.05, 0) is 106 Å². The molecule has 59 heavy (non-hydrogen) atoms. The summed E-state index contributed by atoms with van der Waals surface area (Å²) < 4.78 is 22.4. The van der Waals surface area contributed by atoms with Gasteiger partial charge in [-0.15, -0.1) is 11.8 Å². The van der Waals surface area contributed by atoms with E-state index >= 15 is 0 Å². The molecule has 1 fully saturated rings. The Bertz CT molecular complexity index is 2260. The van der Waals surface area contributed by atoms with Crippen LogP contribution < -0.4 is 0 Å². The zero-order valence-corrected chi connectivity index (χ0v) is 36.2. The fraction of sp³-hybridized carbons (Fsp3) is 0.545. The number of carbonyl (C=O) groups is 2. The van der Waals surface area contributed by atoms with Gasteiger partial charge < -0.3 is 49.3 Å². The zero-order valence-electron chi connectivity index (χ0n) is 35.3. The number of H-pyrrole nitrogens is 2. The van der Waals surface area contributed by atoms with Gasteiger partial charge >= 0.3 is 11.9 Å². The van der Waals surface area contributed by atoms with Gasteiger partial charge in [0.2, 0.25) is 0 Å². The molecule has 3 aromatic heterocycles. The lowest BCUT2D eigenvalue weighted by molar-refractivity contribution is -0.205. The Kier molecular flexibility index (Phi) is 14.1. The van der Waals surface area contributed by atoms with Gasteiger partial charge in [0.05, 0.1) is 49.4 Å². The number of esters is 2. The topological polar surface area (TPSA) is 209 Å². The fourth-order valence-corrected chi connectivity index (χ4v) is 9.67. The van der Waals surface area contributed by atoms with Gasteiger partial charge in [0.15, 0.2) is 0 Å². The van der Waals surface area contributed by atoms with E-state index in [9.17, 15) is 30.0 Å².